The Balaban J connectivity index is 2.87. The van der Waals surface area contributed by atoms with Crippen molar-refractivity contribution in [2.24, 2.45) is 0 Å². The minimum Gasteiger partial charge on any atom is -0.398 e. The molecule has 0 amide bonds. The molecule has 1 aromatic rings. The number of hydrogen-bond acceptors (Lipinski definition) is 5. The Bertz CT molecular complexity index is 502. The fourth-order valence-corrected chi connectivity index (χ4v) is 2.19. The lowest BCUT2D eigenvalue weighted by molar-refractivity contribution is 0.129. The summed E-state index contributed by atoms with van der Waals surface area (Å²) in [6.45, 7) is 2.55. The molecule has 1 aromatic carbocycles. The van der Waals surface area contributed by atoms with Crippen molar-refractivity contribution in [2.45, 2.75) is 17.9 Å². The highest BCUT2D eigenvalue weighted by atomic mass is 32.2. The van der Waals surface area contributed by atoms with Crippen molar-refractivity contribution in [3.05, 3.63) is 18.2 Å². The molecule has 0 radical (unpaired) electrons. The highest BCUT2D eigenvalue weighted by molar-refractivity contribution is 7.89. The highest BCUT2D eigenvalue weighted by Gasteiger charge is 2.15. The molecule has 0 spiro atoms. The second-order valence-corrected chi connectivity index (χ2v) is 5.74. The molecule has 0 saturated carbocycles. The maximum Gasteiger partial charge on any atom is 0.242 e. The van der Waals surface area contributed by atoms with Gasteiger partial charge in [0.1, 0.15) is 4.90 Å². The Kier molecular flexibility index (Phi) is 4.94. The average Bonchev–Trinajstić information content (AvgIpc) is 2.35. The smallest absolute Gasteiger partial charge is 0.242 e. The third kappa shape index (κ3) is 3.59. The summed E-state index contributed by atoms with van der Waals surface area (Å²) in [6.07, 6.45) is 0.0620. The molecule has 6 nitrogen and oxygen atoms in total. The van der Waals surface area contributed by atoms with Gasteiger partial charge in [0.2, 0.25) is 10.0 Å². The summed E-state index contributed by atoms with van der Waals surface area (Å²) in [5.74, 6) is 0. The molecule has 0 aliphatic heterocycles. The van der Waals surface area contributed by atoms with Gasteiger partial charge in [-0.25, -0.2) is 13.1 Å². The van der Waals surface area contributed by atoms with E-state index >= 15 is 0 Å². The summed E-state index contributed by atoms with van der Waals surface area (Å²) in [4.78, 5) is 0.0790. The van der Waals surface area contributed by atoms with Crippen LogP contribution in [0.25, 0.3) is 0 Å². The van der Waals surface area contributed by atoms with Gasteiger partial charge in [-0.3, -0.25) is 0 Å². The van der Waals surface area contributed by atoms with E-state index in [1.807, 2.05) is 6.92 Å². The fourth-order valence-electron chi connectivity index (χ4n) is 1.36. The van der Waals surface area contributed by atoms with Crippen molar-refractivity contribution in [3.8, 4) is 0 Å². The summed E-state index contributed by atoms with van der Waals surface area (Å²) in [7, 11) is -0.532. The largest absolute Gasteiger partial charge is 0.398 e. The van der Waals surface area contributed by atoms with E-state index in [9.17, 15) is 8.42 Å². The van der Waals surface area contributed by atoms with Crippen molar-refractivity contribution >= 4 is 21.4 Å². The zero-order valence-corrected chi connectivity index (χ0v) is 11.5. The first-order valence-electron chi connectivity index (χ1n) is 5.50. The Morgan fingerprint density at radius 3 is 2.61 bits per heavy atom. The Labute approximate surface area is 108 Å². The van der Waals surface area contributed by atoms with Gasteiger partial charge in [-0.2, -0.15) is 0 Å². The van der Waals surface area contributed by atoms with Crippen LogP contribution in [0.1, 0.15) is 6.92 Å². The molecule has 102 valence electrons. The number of nitrogen functional groups attached to an aromatic ring is 1. The highest BCUT2D eigenvalue weighted by Crippen LogP contribution is 2.22. The van der Waals surface area contributed by atoms with Gasteiger partial charge in [-0.1, -0.05) is 0 Å². The summed E-state index contributed by atoms with van der Waals surface area (Å²) < 4.78 is 30.6. The standard InChI is InChI=1S/C11H19N3O3S/c1-8(17-3)7-14-9-4-5-11(10(12)6-9)18(15,16)13-2/h4-6,8,13-14H,7,12H2,1-3H3. The Morgan fingerprint density at radius 1 is 1.44 bits per heavy atom. The number of anilines is 2. The van der Waals surface area contributed by atoms with E-state index in [0.29, 0.717) is 6.54 Å². The van der Waals surface area contributed by atoms with Gasteiger partial charge in [-0.05, 0) is 32.2 Å². The van der Waals surface area contributed by atoms with Crippen LogP contribution in [0.3, 0.4) is 0 Å². The fraction of sp³-hybridized carbons (Fsp3) is 0.455. The van der Waals surface area contributed by atoms with Crippen molar-refractivity contribution in [1.82, 2.24) is 4.72 Å². The SMILES string of the molecule is CNS(=O)(=O)c1ccc(NCC(C)OC)cc1N. The molecular weight excluding hydrogens is 254 g/mol. The lowest BCUT2D eigenvalue weighted by Gasteiger charge is -2.13. The first-order chi connectivity index (χ1) is 8.40. The molecule has 0 heterocycles. The van der Waals surface area contributed by atoms with Gasteiger partial charge in [0.15, 0.2) is 0 Å². The zero-order chi connectivity index (χ0) is 13.8. The van der Waals surface area contributed by atoms with E-state index in [1.165, 1.54) is 13.1 Å². The van der Waals surface area contributed by atoms with Crippen molar-refractivity contribution < 1.29 is 13.2 Å². The number of methoxy groups -OCH3 is 1. The van der Waals surface area contributed by atoms with E-state index in [0.717, 1.165) is 5.69 Å². The summed E-state index contributed by atoms with van der Waals surface area (Å²) in [5.41, 5.74) is 6.70. The van der Waals surface area contributed by atoms with Crippen LogP contribution in [0.15, 0.2) is 23.1 Å². The van der Waals surface area contributed by atoms with Gasteiger partial charge in [-0.15, -0.1) is 0 Å². The van der Waals surface area contributed by atoms with Crippen molar-refractivity contribution in [3.63, 3.8) is 0 Å². The van der Waals surface area contributed by atoms with Gasteiger partial charge in [0.25, 0.3) is 0 Å². The Morgan fingerprint density at radius 2 is 2.11 bits per heavy atom. The number of rotatable bonds is 6. The lowest BCUT2D eigenvalue weighted by atomic mass is 10.2. The van der Waals surface area contributed by atoms with E-state index < -0.39 is 10.0 Å². The molecule has 7 heteroatoms. The van der Waals surface area contributed by atoms with Gasteiger partial charge < -0.3 is 15.8 Å². The van der Waals surface area contributed by atoms with Crippen molar-refractivity contribution in [1.29, 1.82) is 0 Å². The average molecular weight is 273 g/mol. The molecule has 0 fully saturated rings. The maximum atomic E-state index is 11.6. The molecule has 1 atom stereocenters. The van der Waals surface area contributed by atoms with Crippen LogP contribution in [0, 0.1) is 0 Å². The third-order valence-corrected chi connectivity index (χ3v) is 4.05. The van der Waals surface area contributed by atoms with Crippen molar-refractivity contribution in [2.75, 3.05) is 31.8 Å². The van der Waals surface area contributed by atoms with Crippen LogP contribution in [-0.4, -0.2) is 35.2 Å². The predicted molar refractivity (Wildman–Crippen MR) is 72.1 cm³/mol. The summed E-state index contributed by atoms with van der Waals surface area (Å²) in [5, 5.41) is 3.11. The maximum absolute atomic E-state index is 11.6. The van der Waals surface area contributed by atoms with E-state index in [4.69, 9.17) is 10.5 Å². The summed E-state index contributed by atoms with van der Waals surface area (Å²) in [6, 6.07) is 4.73. The molecule has 0 aliphatic carbocycles. The molecular formula is C11H19N3O3S. The van der Waals surface area contributed by atoms with Crippen LogP contribution in [0.2, 0.25) is 0 Å². The van der Waals surface area contributed by atoms with Gasteiger partial charge in [0, 0.05) is 19.3 Å². The van der Waals surface area contributed by atoms with Crippen LogP contribution in [0.5, 0.6) is 0 Å². The normalized spacial score (nSPS) is 13.3. The second kappa shape index (κ2) is 6.03. The molecule has 0 aliphatic rings. The van der Waals surface area contributed by atoms with Crippen LogP contribution >= 0.6 is 0 Å². The predicted octanol–water partition coefficient (Wildman–Crippen LogP) is 0.624. The number of nitrogens with two attached hydrogens (primary N) is 1. The topological polar surface area (TPSA) is 93.5 Å². The quantitative estimate of drug-likeness (QED) is 0.661. The number of benzene rings is 1. The molecule has 4 N–H and O–H groups in total. The molecule has 1 unspecified atom stereocenters. The molecule has 0 aromatic heterocycles. The number of hydrogen-bond donors (Lipinski definition) is 3. The number of sulfonamides is 1. The lowest BCUT2D eigenvalue weighted by Crippen LogP contribution is -2.20. The van der Waals surface area contributed by atoms with Crippen LogP contribution in [-0.2, 0) is 14.8 Å². The molecule has 18 heavy (non-hydrogen) atoms. The summed E-state index contributed by atoms with van der Waals surface area (Å²) >= 11 is 0. The van der Waals surface area contributed by atoms with Crippen LogP contribution in [0.4, 0.5) is 11.4 Å². The van der Waals surface area contributed by atoms with Gasteiger partial charge in [0.05, 0.1) is 11.8 Å². The zero-order valence-electron chi connectivity index (χ0n) is 10.7. The number of ether oxygens (including phenoxy) is 1. The minimum absolute atomic E-state index is 0.0620. The monoisotopic (exact) mass is 273 g/mol. The van der Waals surface area contributed by atoms with Gasteiger partial charge >= 0.3 is 0 Å². The van der Waals surface area contributed by atoms with E-state index in [-0.39, 0.29) is 16.7 Å². The molecule has 1 rings (SSSR count). The second-order valence-electron chi connectivity index (χ2n) is 3.89. The molecule has 0 bridgehead atoms. The Hall–Kier alpha value is -1.31. The third-order valence-electron chi connectivity index (χ3n) is 2.56. The number of nitrogens with one attached hydrogen (secondary N) is 2. The first-order valence-corrected chi connectivity index (χ1v) is 6.98. The minimum atomic E-state index is -3.51. The first kappa shape index (κ1) is 14.7. The van der Waals surface area contributed by atoms with E-state index in [2.05, 4.69) is 10.0 Å². The molecule has 0 saturated heterocycles. The van der Waals surface area contributed by atoms with Crippen LogP contribution < -0.4 is 15.8 Å². The van der Waals surface area contributed by atoms with E-state index in [1.54, 1.807) is 19.2 Å².